The molecule has 0 spiro atoms. The highest BCUT2D eigenvalue weighted by atomic mass is 16.5. The number of carboxylic acid groups (broad SMARTS) is 1. The number of ether oxygens (including phenoxy) is 1. The van der Waals surface area contributed by atoms with Gasteiger partial charge in [-0.05, 0) is 24.6 Å². The van der Waals surface area contributed by atoms with Gasteiger partial charge in [0.2, 0.25) is 0 Å². The highest BCUT2D eigenvalue weighted by molar-refractivity contribution is 5.68. The molecule has 0 aliphatic heterocycles. The number of nitrogens with zero attached hydrogens (tertiary/aromatic N) is 1. The lowest BCUT2D eigenvalue weighted by Crippen LogP contribution is -2.21. The topological polar surface area (TPSA) is 49.8 Å². The van der Waals surface area contributed by atoms with Crippen molar-refractivity contribution in [1.82, 2.24) is 0 Å². The van der Waals surface area contributed by atoms with Gasteiger partial charge in [-0.15, -0.1) is 0 Å². The van der Waals surface area contributed by atoms with Gasteiger partial charge in [0.25, 0.3) is 0 Å². The molecular weight excluding hydrogens is 206 g/mol. The van der Waals surface area contributed by atoms with E-state index in [1.54, 1.807) is 7.11 Å². The van der Waals surface area contributed by atoms with Crippen LogP contribution < -0.4 is 9.64 Å². The van der Waals surface area contributed by atoms with Gasteiger partial charge in [0.05, 0.1) is 19.2 Å². The summed E-state index contributed by atoms with van der Waals surface area (Å²) in [5.41, 5.74) is 2.04. The van der Waals surface area contributed by atoms with Crippen molar-refractivity contribution in [2.24, 2.45) is 0 Å². The van der Waals surface area contributed by atoms with Gasteiger partial charge in [0.1, 0.15) is 5.75 Å². The van der Waals surface area contributed by atoms with Crippen molar-refractivity contribution in [3.63, 3.8) is 0 Å². The fourth-order valence-electron chi connectivity index (χ4n) is 1.48. The summed E-state index contributed by atoms with van der Waals surface area (Å²) in [5, 5.41) is 8.63. The number of methoxy groups -OCH3 is 1. The van der Waals surface area contributed by atoms with Gasteiger partial charge in [-0.3, -0.25) is 4.79 Å². The second-order valence-electron chi connectivity index (χ2n) is 3.74. The zero-order chi connectivity index (χ0) is 12.1. The lowest BCUT2D eigenvalue weighted by molar-refractivity contribution is -0.136. The first-order valence-electron chi connectivity index (χ1n) is 5.12. The molecule has 0 unspecified atom stereocenters. The second-order valence-corrected chi connectivity index (χ2v) is 3.74. The molecule has 0 aliphatic carbocycles. The summed E-state index contributed by atoms with van der Waals surface area (Å²) in [6.07, 6.45) is 0.119. The molecule has 16 heavy (non-hydrogen) atoms. The highest BCUT2D eigenvalue weighted by Crippen LogP contribution is 2.28. The third kappa shape index (κ3) is 3.15. The molecule has 0 saturated heterocycles. The second kappa shape index (κ2) is 5.39. The molecule has 4 nitrogen and oxygen atoms in total. The molecule has 1 rings (SSSR count). The van der Waals surface area contributed by atoms with E-state index in [1.165, 1.54) is 0 Å². The smallest absolute Gasteiger partial charge is 0.305 e. The van der Waals surface area contributed by atoms with Crippen LogP contribution in [0.1, 0.15) is 12.0 Å². The zero-order valence-electron chi connectivity index (χ0n) is 9.86. The molecule has 0 fully saturated rings. The number of rotatable bonds is 5. The molecule has 0 saturated carbocycles. The van der Waals surface area contributed by atoms with Crippen molar-refractivity contribution >= 4 is 11.7 Å². The lowest BCUT2D eigenvalue weighted by Gasteiger charge is -2.21. The number of carbonyl (C=O) groups is 1. The molecule has 0 heterocycles. The van der Waals surface area contributed by atoms with E-state index in [0.29, 0.717) is 6.54 Å². The van der Waals surface area contributed by atoms with E-state index in [4.69, 9.17) is 9.84 Å². The maximum Gasteiger partial charge on any atom is 0.305 e. The number of anilines is 1. The Morgan fingerprint density at radius 3 is 2.75 bits per heavy atom. The maximum atomic E-state index is 10.5. The predicted molar refractivity (Wildman–Crippen MR) is 63.3 cm³/mol. The summed E-state index contributed by atoms with van der Waals surface area (Å²) in [4.78, 5) is 12.4. The maximum absolute atomic E-state index is 10.5. The van der Waals surface area contributed by atoms with Gasteiger partial charge in [-0.2, -0.15) is 0 Å². The van der Waals surface area contributed by atoms with Crippen molar-refractivity contribution in [3.8, 4) is 5.75 Å². The molecule has 1 N–H and O–H groups in total. The van der Waals surface area contributed by atoms with Crippen LogP contribution in [0.4, 0.5) is 5.69 Å². The molecule has 0 aliphatic rings. The quantitative estimate of drug-likeness (QED) is 0.828. The monoisotopic (exact) mass is 223 g/mol. The molecule has 0 aromatic heterocycles. The molecule has 0 atom stereocenters. The van der Waals surface area contributed by atoms with Crippen LogP contribution in [-0.2, 0) is 4.79 Å². The zero-order valence-corrected chi connectivity index (χ0v) is 9.86. The summed E-state index contributed by atoms with van der Waals surface area (Å²) >= 11 is 0. The Morgan fingerprint density at radius 2 is 2.19 bits per heavy atom. The van der Waals surface area contributed by atoms with Gasteiger partial charge >= 0.3 is 5.97 Å². The molecule has 4 heteroatoms. The molecule has 0 amide bonds. The van der Waals surface area contributed by atoms with E-state index in [1.807, 2.05) is 37.1 Å². The van der Waals surface area contributed by atoms with E-state index in [9.17, 15) is 4.79 Å². The molecule has 0 radical (unpaired) electrons. The average molecular weight is 223 g/mol. The van der Waals surface area contributed by atoms with Crippen LogP contribution in [0, 0.1) is 6.92 Å². The average Bonchev–Trinajstić information content (AvgIpc) is 2.25. The van der Waals surface area contributed by atoms with E-state index in [-0.39, 0.29) is 6.42 Å². The van der Waals surface area contributed by atoms with Crippen LogP contribution in [0.5, 0.6) is 5.75 Å². The van der Waals surface area contributed by atoms with E-state index < -0.39 is 5.97 Å². The Morgan fingerprint density at radius 1 is 1.50 bits per heavy atom. The van der Waals surface area contributed by atoms with Crippen molar-refractivity contribution < 1.29 is 14.6 Å². The van der Waals surface area contributed by atoms with Crippen LogP contribution in [0.15, 0.2) is 18.2 Å². The van der Waals surface area contributed by atoms with Gasteiger partial charge in [-0.1, -0.05) is 6.07 Å². The summed E-state index contributed by atoms with van der Waals surface area (Å²) in [7, 11) is 3.47. The number of aliphatic carboxylic acids is 1. The summed E-state index contributed by atoms with van der Waals surface area (Å²) in [6.45, 7) is 2.46. The van der Waals surface area contributed by atoms with Crippen molar-refractivity contribution in [2.75, 3.05) is 25.6 Å². The molecule has 1 aromatic rings. The minimum absolute atomic E-state index is 0.119. The number of hydrogen-bond acceptors (Lipinski definition) is 3. The Bertz CT molecular complexity index is 377. The minimum Gasteiger partial charge on any atom is -0.495 e. The van der Waals surface area contributed by atoms with Gasteiger partial charge in [0, 0.05) is 13.6 Å². The van der Waals surface area contributed by atoms with Crippen molar-refractivity contribution in [3.05, 3.63) is 23.8 Å². The number of benzene rings is 1. The Kier molecular flexibility index (Phi) is 4.17. The Labute approximate surface area is 95.5 Å². The summed E-state index contributed by atoms with van der Waals surface area (Å²) in [5.74, 6) is -0.0306. The van der Waals surface area contributed by atoms with Gasteiger partial charge in [0.15, 0.2) is 0 Å². The lowest BCUT2D eigenvalue weighted by atomic mass is 10.2. The first-order valence-corrected chi connectivity index (χ1v) is 5.12. The predicted octanol–water partition coefficient (Wildman–Crippen LogP) is 1.91. The van der Waals surface area contributed by atoms with Gasteiger partial charge in [-0.25, -0.2) is 0 Å². The van der Waals surface area contributed by atoms with Crippen molar-refractivity contribution in [2.45, 2.75) is 13.3 Å². The SMILES string of the molecule is COc1ccc(C)cc1N(C)CCC(=O)O. The molecular formula is C12H17NO3. The number of carboxylic acids is 1. The highest BCUT2D eigenvalue weighted by Gasteiger charge is 2.09. The fourth-order valence-corrected chi connectivity index (χ4v) is 1.48. The van der Waals surface area contributed by atoms with Crippen molar-refractivity contribution in [1.29, 1.82) is 0 Å². The van der Waals surface area contributed by atoms with Crippen LogP contribution in [0.2, 0.25) is 0 Å². The minimum atomic E-state index is -0.793. The number of aryl methyl sites for hydroxylation is 1. The van der Waals surface area contributed by atoms with Crippen LogP contribution >= 0.6 is 0 Å². The first kappa shape index (κ1) is 12.4. The first-order chi connectivity index (χ1) is 7.54. The molecule has 1 aromatic carbocycles. The third-order valence-corrected chi connectivity index (χ3v) is 2.41. The van der Waals surface area contributed by atoms with E-state index in [0.717, 1.165) is 17.0 Å². The molecule has 0 bridgehead atoms. The Hall–Kier alpha value is -1.71. The van der Waals surface area contributed by atoms with Crippen LogP contribution in [-0.4, -0.2) is 31.8 Å². The third-order valence-electron chi connectivity index (χ3n) is 2.41. The summed E-state index contributed by atoms with van der Waals surface area (Å²) < 4.78 is 5.24. The Balaban J connectivity index is 2.84. The standard InChI is InChI=1S/C12H17NO3/c1-9-4-5-11(16-3)10(8-9)13(2)7-6-12(14)15/h4-5,8H,6-7H2,1-3H3,(H,14,15). The van der Waals surface area contributed by atoms with E-state index >= 15 is 0 Å². The van der Waals surface area contributed by atoms with Crippen LogP contribution in [0.3, 0.4) is 0 Å². The summed E-state index contributed by atoms with van der Waals surface area (Å²) in [6, 6.07) is 5.84. The molecule has 88 valence electrons. The van der Waals surface area contributed by atoms with Gasteiger partial charge < -0.3 is 14.7 Å². The largest absolute Gasteiger partial charge is 0.495 e. The number of hydrogen-bond donors (Lipinski definition) is 1. The van der Waals surface area contributed by atoms with Crippen LogP contribution in [0.25, 0.3) is 0 Å². The van der Waals surface area contributed by atoms with E-state index in [2.05, 4.69) is 0 Å². The fraction of sp³-hybridized carbons (Fsp3) is 0.417. The normalized spacial score (nSPS) is 9.94.